The smallest absolute Gasteiger partial charge is 0.131 e. The van der Waals surface area contributed by atoms with Crippen LogP contribution in [-0.2, 0) is 0 Å². The average Bonchev–Trinajstić information content (AvgIpc) is 3.01. The molecule has 16 heavy (non-hydrogen) atoms. The van der Waals surface area contributed by atoms with E-state index < -0.39 is 0 Å². The highest BCUT2D eigenvalue weighted by Crippen LogP contribution is 2.32. The van der Waals surface area contributed by atoms with Gasteiger partial charge in [0.1, 0.15) is 5.82 Å². The lowest BCUT2D eigenvalue weighted by Gasteiger charge is -2.24. The highest BCUT2D eigenvalue weighted by molar-refractivity contribution is 9.10. The van der Waals surface area contributed by atoms with Gasteiger partial charge in [0.15, 0.2) is 0 Å². The molecule has 0 radical (unpaired) electrons. The molecule has 0 atom stereocenters. The zero-order valence-corrected chi connectivity index (χ0v) is 11.6. The third kappa shape index (κ3) is 2.97. The fourth-order valence-electron chi connectivity index (χ4n) is 2.03. The first-order valence-electron chi connectivity index (χ1n) is 6.07. The second-order valence-corrected chi connectivity index (χ2v) is 5.60. The Morgan fingerprint density at radius 2 is 2.25 bits per heavy atom. The van der Waals surface area contributed by atoms with Gasteiger partial charge in [-0.1, -0.05) is 6.92 Å². The summed E-state index contributed by atoms with van der Waals surface area (Å²) in [7, 11) is 0. The highest BCUT2D eigenvalue weighted by Gasteiger charge is 2.25. The zero-order valence-electron chi connectivity index (χ0n) is 10.0. The lowest BCUT2D eigenvalue weighted by molar-refractivity contribution is 0.697. The Morgan fingerprint density at radius 1 is 1.50 bits per heavy atom. The molecule has 0 aliphatic heterocycles. The van der Waals surface area contributed by atoms with E-state index >= 15 is 0 Å². The van der Waals surface area contributed by atoms with Crippen molar-refractivity contribution in [3.8, 4) is 0 Å². The summed E-state index contributed by atoms with van der Waals surface area (Å²) in [5.41, 5.74) is 1.27. The molecule has 1 aromatic rings. The number of pyridine rings is 1. The van der Waals surface area contributed by atoms with Crippen LogP contribution in [0.4, 0.5) is 5.82 Å². The van der Waals surface area contributed by atoms with Gasteiger partial charge in [-0.05, 0) is 59.7 Å². The van der Waals surface area contributed by atoms with Gasteiger partial charge in [0.25, 0.3) is 0 Å². The van der Waals surface area contributed by atoms with Crippen molar-refractivity contribution < 1.29 is 0 Å². The molecule has 0 saturated heterocycles. The molecule has 1 fully saturated rings. The topological polar surface area (TPSA) is 16.1 Å². The lowest BCUT2D eigenvalue weighted by Crippen LogP contribution is -2.28. The highest BCUT2D eigenvalue weighted by atomic mass is 79.9. The van der Waals surface area contributed by atoms with Gasteiger partial charge in [0.2, 0.25) is 0 Å². The van der Waals surface area contributed by atoms with E-state index in [0.29, 0.717) is 0 Å². The number of aromatic nitrogens is 1. The minimum atomic E-state index is 0.913. The first-order valence-corrected chi connectivity index (χ1v) is 6.87. The van der Waals surface area contributed by atoms with Crippen LogP contribution in [0.15, 0.2) is 16.7 Å². The first kappa shape index (κ1) is 11.9. The second-order valence-electron chi connectivity index (χ2n) is 4.68. The predicted molar refractivity (Wildman–Crippen MR) is 71.9 cm³/mol. The van der Waals surface area contributed by atoms with Crippen LogP contribution in [0.3, 0.4) is 0 Å². The summed E-state index contributed by atoms with van der Waals surface area (Å²) >= 11 is 3.47. The third-order valence-electron chi connectivity index (χ3n) is 2.99. The van der Waals surface area contributed by atoms with Crippen LogP contribution in [-0.4, -0.2) is 18.1 Å². The summed E-state index contributed by atoms with van der Waals surface area (Å²) in [6, 6.07) is 2.15. The van der Waals surface area contributed by atoms with E-state index in [1.807, 2.05) is 6.20 Å². The Hall–Kier alpha value is -0.570. The number of hydrogen-bond acceptors (Lipinski definition) is 2. The van der Waals surface area contributed by atoms with Gasteiger partial charge in [-0.25, -0.2) is 4.98 Å². The number of hydrogen-bond donors (Lipinski definition) is 0. The summed E-state index contributed by atoms with van der Waals surface area (Å²) in [6.07, 6.45) is 5.88. The standard InChI is InChI=1S/C13H19BrN2/c1-3-6-16(9-11-4-5-11)13-10(2)7-12(14)8-15-13/h7-8,11H,3-6,9H2,1-2H3. The van der Waals surface area contributed by atoms with Crippen molar-refractivity contribution in [1.29, 1.82) is 0 Å². The van der Waals surface area contributed by atoms with Gasteiger partial charge in [-0.2, -0.15) is 0 Å². The summed E-state index contributed by atoms with van der Waals surface area (Å²) in [5, 5.41) is 0. The van der Waals surface area contributed by atoms with E-state index in [4.69, 9.17) is 0 Å². The van der Waals surface area contributed by atoms with E-state index in [1.54, 1.807) is 0 Å². The van der Waals surface area contributed by atoms with Crippen LogP contribution in [0.2, 0.25) is 0 Å². The van der Waals surface area contributed by atoms with Gasteiger partial charge < -0.3 is 4.90 Å². The Bertz CT molecular complexity index is 361. The van der Waals surface area contributed by atoms with Crippen molar-refractivity contribution in [2.24, 2.45) is 5.92 Å². The molecule has 1 heterocycles. The molecule has 1 aliphatic rings. The monoisotopic (exact) mass is 282 g/mol. The Balaban J connectivity index is 2.15. The van der Waals surface area contributed by atoms with Crippen molar-refractivity contribution in [2.75, 3.05) is 18.0 Å². The van der Waals surface area contributed by atoms with Gasteiger partial charge in [-0.15, -0.1) is 0 Å². The maximum absolute atomic E-state index is 4.56. The van der Waals surface area contributed by atoms with Crippen LogP contribution < -0.4 is 4.90 Å². The van der Waals surface area contributed by atoms with Gasteiger partial charge in [0, 0.05) is 23.8 Å². The number of aryl methyl sites for hydroxylation is 1. The van der Waals surface area contributed by atoms with E-state index in [2.05, 4.69) is 45.7 Å². The zero-order chi connectivity index (χ0) is 11.5. The molecule has 0 spiro atoms. The van der Waals surface area contributed by atoms with E-state index in [-0.39, 0.29) is 0 Å². The third-order valence-corrected chi connectivity index (χ3v) is 3.42. The minimum absolute atomic E-state index is 0.913. The molecule has 1 aliphatic carbocycles. The van der Waals surface area contributed by atoms with Crippen molar-refractivity contribution >= 4 is 21.7 Å². The molecule has 0 N–H and O–H groups in total. The van der Waals surface area contributed by atoms with Crippen LogP contribution in [0.1, 0.15) is 31.7 Å². The average molecular weight is 283 g/mol. The van der Waals surface area contributed by atoms with Crippen molar-refractivity contribution in [3.63, 3.8) is 0 Å². The maximum Gasteiger partial charge on any atom is 0.131 e. The molecule has 0 bridgehead atoms. The number of halogens is 1. The number of nitrogens with zero attached hydrogens (tertiary/aromatic N) is 2. The predicted octanol–water partition coefficient (Wildman–Crippen LogP) is 3.78. The van der Waals surface area contributed by atoms with E-state index in [9.17, 15) is 0 Å². The SMILES string of the molecule is CCCN(CC1CC1)c1ncc(Br)cc1C. The van der Waals surface area contributed by atoms with Crippen molar-refractivity contribution in [1.82, 2.24) is 4.98 Å². The van der Waals surface area contributed by atoms with Crippen LogP contribution in [0.5, 0.6) is 0 Å². The molecule has 3 heteroatoms. The van der Waals surface area contributed by atoms with Crippen molar-refractivity contribution in [3.05, 3.63) is 22.3 Å². The fourth-order valence-corrected chi connectivity index (χ4v) is 2.48. The Morgan fingerprint density at radius 3 is 2.81 bits per heavy atom. The molecule has 2 nitrogen and oxygen atoms in total. The fraction of sp³-hybridized carbons (Fsp3) is 0.615. The van der Waals surface area contributed by atoms with Gasteiger partial charge in [0.05, 0.1) is 0 Å². The van der Waals surface area contributed by atoms with Crippen LogP contribution >= 0.6 is 15.9 Å². The molecule has 0 amide bonds. The van der Waals surface area contributed by atoms with Crippen LogP contribution in [0.25, 0.3) is 0 Å². The van der Waals surface area contributed by atoms with E-state index in [0.717, 1.165) is 22.8 Å². The quantitative estimate of drug-likeness (QED) is 0.817. The molecular weight excluding hydrogens is 264 g/mol. The van der Waals surface area contributed by atoms with E-state index in [1.165, 1.54) is 31.4 Å². The minimum Gasteiger partial charge on any atom is -0.356 e. The largest absolute Gasteiger partial charge is 0.356 e. The molecule has 2 rings (SSSR count). The normalized spacial score (nSPS) is 15.2. The molecule has 0 aromatic carbocycles. The van der Waals surface area contributed by atoms with Crippen molar-refractivity contribution in [2.45, 2.75) is 33.1 Å². The van der Waals surface area contributed by atoms with Gasteiger partial charge >= 0.3 is 0 Å². The van der Waals surface area contributed by atoms with Crippen LogP contribution in [0, 0.1) is 12.8 Å². The molecule has 0 unspecified atom stereocenters. The summed E-state index contributed by atoms with van der Waals surface area (Å²) in [5.74, 6) is 2.08. The Kier molecular flexibility index (Phi) is 3.85. The maximum atomic E-state index is 4.56. The molecular formula is C13H19BrN2. The summed E-state index contributed by atoms with van der Waals surface area (Å²) in [6.45, 7) is 6.67. The number of anilines is 1. The Labute approximate surface area is 106 Å². The second kappa shape index (κ2) is 5.17. The molecule has 1 aromatic heterocycles. The lowest BCUT2D eigenvalue weighted by atomic mass is 10.2. The summed E-state index contributed by atoms with van der Waals surface area (Å²) in [4.78, 5) is 7.00. The van der Waals surface area contributed by atoms with Gasteiger partial charge in [-0.3, -0.25) is 0 Å². The summed E-state index contributed by atoms with van der Waals surface area (Å²) < 4.78 is 1.07. The molecule has 88 valence electrons. The number of rotatable bonds is 5. The molecule has 1 saturated carbocycles. The first-order chi connectivity index (χ1) is 7.70.